The molecule has 0 aliphatic heterocycles. The van der Waals surface area contributed by atoms with Crippen LogP contribution in [0.3, 0.4) is 0 Å². The molecule has 1 fully saturated rings. The molecule has 1 aromatic carbocycles. The molecule has 1 aliphatic carbocycles. The highest BCUT2D eigenvalue weighted by Gasteiger charge is 2.33. The monoisotopic (exact) mass is 248 g/mol. The van der Waals surface area contributed by atoms with Crippen molar-refractivity contribution in [1.82, 2.24) is 0 Å². The highest BCUT2D eigenvalue weighted by molar-refractivity contribution is 5.60. The van der Waals surface area contributed by atoms with Crippen LogP contribution in [0.2, 0.25) is 0 Å². The Morgan fingerprint density at radius 1 is 1.39 bits per heavy atom. The first-order chi connectivity index (χ1) is 8.45. The molecule has 2 N–H and O–H groups in total. The van der Waals surface area contributed by atoms with Crippen molar-refractivity contribution < 1.29 is 4.74 Å². The van der Waals surface area contributed by atoms with Gasteiger partial charge in [-0.25, -0.2) is 0 Å². The first kappa shape index (κ1) is 13.1. The first-order valence-electron chi connectivity index (χ1n) is 6.74. The number of hydrogen-bond acceptors (Lipinski definition) is 3. The minimum atomic E-state index is 0.174. The minimum absolute atomic E-state index is 0.174. The third-order valence-electron chi connectivity index (χ3n) is 3.51. The Bertz CT molecular complexity index is 417. The van der Waals surface area contributed by atoms with Crippen LogP contribution < -0.4 is 15.4 Å². The number of nitrogens with two attached hydrogens (primary N) is 1. The topological polar surface area (TPSA) is 38.5 Å². The van der Waals surface area contributed by atoms with Gasteiger partial charge in [0.05, 0.1) is 6.10 Å². The summed E-state index contributed by atoms with van der Waals surface area (Å²) < 4.78 is 5.72. The van der Waals surface area contributed by atoms with E-state index in [1.807, 2.05) is 26.0 Å². The van der Waals surface area contributed by atoms with Gasteiger partial charge in [0.1, 0.15) is 5.75 Å². The van der Waals surface area contributed by atoms with Gasteiger partial charge in [-0.2, -0.15) is 0 Å². The van der Waals surface area contributed by atoms with Crippen molar-refractivity contribution in [2.45, 2.75) is 33.3 Å². The number of anilines is 2. The molecule has 100 valence electrons. The number of benzene rings is 1. The molecule has 2 unspecified atom stereocenters. The number of nitrogen functional groups attached to an aromatic ring is 1. The smallest absolute Gasteiger partial charge is 0.123 e. The lowest BCUT2D eigenvalue weighted by Crippen LogP contribution is -2.20. The van der Waals surface area contributed by atoms with Crippen LogP contribution in [0.4, 0.5) is 11.4 Å². The van der Waals surface area contributed by atoms with E-state index >= 15 is 0 Å². The van der Waals surface area contributed by atoms with Gasteiger partial charge in [-0.15, -0.1) is 0 Å². The fourth-order valence-electron chi connectivity index (χ4n) is 2.28. The van der Waals surface area contributed by atoms with Gasteiger partial charge in [-0.3, -0.25) is 0 Å². The second-order valence-corrected chi connectivity index (χ2v) is 5.78. The van der Waals surface area contributed by atoms with E-state index in [0.29, 0.717) is 0 Å². The van der Waals surface area contributed by atoms with Crippen LogP contribution >= 0.6 is 0 Å². The van der Waals surface area contributed by atoms with Crippen molar-refractivity contribution in [2.24, 2.45) is 11.8 Å². The predicted octanol–water partition coefficient (Wildman–Crippen LogP) is 3.15. The van der Waals surface area contributed by atoms with Crippen molar-refractivity contribution in [3.8, 4) is 5.75 Å². The lowest BCUT2D eigenvalue weighted by atomic mass is 10.2. The van der Waals surface area contributed by atoms with Gasteiger partial charge >= 0.3 is 0 Å². The van der Waals surface area contributed by atoms with E-state index in [4.69, 9.17) is 10.5 Å². The van der Waals surface area contributed by atoms with E-state index < -0.39 is 0 Å². The number of nitrogens with zero attached hydrogens (tertiary/aromatic N) is 1. The van der Waals surface area contributed by atoms with Crippen molar-refractivity contribution in [3.05, 3.63) is 18.2 Å². The molecule has 0 aromatic heterocycles. The molecule has 3 heteroatoms. The second kappa shape index (κ2) is 5.09. The maximum Gasteiger partial charge on any atom is 0.123 e. The summed E-state index contributed by atoms with van der Waals surface area (Å²) in [4.78, 5) is 2.28. The Labute approximate surface area is 110 Å². The van der Waals surface area contributed by atoms with Gasteiger partial charge in [0.15, 0.2) is 0 Å². The molecule has 1 saturated carbocycles. The maximum absolute atomic E-state index is 5.94. The third-order valence-corrected chi connectivity index (χ3v) is 3.51. The van der Waals surface area contributed by atoms with Crippen LogP contribution in [0.1, 0.15) is 27.2 Å². The van der Waals surface area contributed by atoms with Gasteiger partial charge in [-0.05, 0) is 38.2 Å². The summed E-state index contributed by atoms with van der Waals surface area (Å²) in [6.45, 7) is 7.47. The van der Waals surface area contributed by atoms with Crippen LogP contribution in [0.5, 0.6) is 5.75 Å². The lowest BCUT2D eigenvalue weighted by Gasteiger charge is -2.21. The summed E-state index contributed by atoms with van der Waals surface area (Å²) in [6, 6.07) is 5.97. The highest BCUT2D eigenvalue weighted by atomic mass is 16.5. The van der Waals surface area contributed by atoms with Crippen LogP contribution in [-0.4, -0.2) is 19.7 Å². The van der Waals surface area contributed by atoms with E-state index in [1.165, 1.54) is 6.42 Å². The number of hydrogen-bond donors (Lipinski definition) is 1. The molecule has 0 heterocycles. The molecule has 3 nitrogen and oxygen atoms in total. The number of ether oxygens (including phenoxy) is 1. The first-order valence-corrected chi connectivity index (χ1v) is 6.74. The largest absolute Gasteiger partial charge is 0.491 e. The highest BCUT2D eigenvalue weighted by Crippen LogP contribution is 2.39. The van der Waals surface area contributed by atoms with Crippen LogP contribution in [0.25, 0.3) is 0 Å². The molecule has 0 saturated heterocycles. The van der Waals surface area contributed by atoms with Gasteiger partial charge in [0, 0.05) is 37.1 Å². The summed E-state index contributed by atoms with van der Waals surface area (Å²) in [5.74, 6) is 2.57. The van der Waals surface area contributed by atoms with Crippen LogP contribution in [0, 0.1) is 11.8 Å². The molecular formula is C15H24N2O. The Balaban J connectivity index is 2.08. The molecule has 0 amide bonds. The predicted molar refractivity (Wildman–Crippen MR) is 77.2 cm³/mol. The standard InChI is InChI=1S/C15H24N2O/c1-10(2)18-15-7-13(16)6-14(8-15)17(4)9-12-5-11(12)3/h6-8,10-12H,5,9,16H2,1-4H3. The van der Waals surface area contributed by atoms with E-state index in [0.717, 1.165) is 35.5 Å². The fourth-order valence-corrected chi connectivity index (χ4v) is 2.28. The SMILES string of the molecule is CC(C)Oc1cc(N)cc(N(C)CC2CC2C)c1. The average molecular weight is 248 g/mol. The van der Waals surface area contributed by atoms with E-state index in [2.05, 4.69) is 24.9 Å². The Morgan fingerprint density at radius 3 is 2.61 bits per heavy atom. The maximum atomic E-state index is 5.94. The zero-order chi connectivity index (χ0) is 13.3. The molecule has 2 rings (SSSR count). The molecule has 18 heavy (non-hydrogen) atoms. The van der Waals surface area contributed by atoms with Crippen molar-refractivity contribution in [2.75, 3.05) is 24.2 Å². The summed E-state index contributed by atoms with van der Waals surface area (Å²) in [7, 11) is 2.12. The third kappa shape index (κ3) is 3.31. The van der Waals surface area contributed by atoms with Crippen molar-refractivity contribution >= 4 is 11.4 Å². The summed E-state index contributed by atoms with van der Waals surface area (Å²) in [5.41, 5.74) is 7.85. The molecule has 1 aromatic rings. The Hall–Kier alpha value is -1.38. The molecule has 2 atom stereocenters. The Kier molecular flexibility index (Phi) is 3.69. The molecular weight excluding hydrogens is 224 g/mol. The van der Waals surface area contributed by atoms with Gasteiger partial charge in [-0.1, -0.05) is 6.92 Å². The summed E-state index contributed by atoms with van der Waals surface area (Å²) >= 11 is 0. The minimum Gasteiger partial charge on any atom is -0.491 e. The number of rotatable bonds is 5. The summed E-state index contributed by atoms with van der Waals surface area (Å²) in [5, 5.41) is 0. The van der Waals surface area contributed by atoms with Crippen LogP contribution in [-0.2, 0) is 0 Å². The quantitative estimate of drug-likeness (QED) is 0.814. The van der Waals surface area contributed by atoms with Gasteiger partial charge in [0.2, 0.25) is 0 Å². The van der Waals surface area contributed by atoms with Crippen molar-refractivity contribution in [3.63, 3.8) is 0 Å². The van der Waals surface area contributed by atoms with Gasteiger partial charge in [0.25, 0.3) is 0 Å². The molecule has 1 aliphatic rings. The zero-order valence-corrected chi connectivity index (χ0v) is 11.8. The Morgan fingerprint density at radius 2 is 2.06 bits per heavy atom. The van der Waals surface area contributed by atoms with E-state index in [9.17, 15) is 0 Å². The zero-order valence-electron chi connectivity index (χ0n) is 11.8. The van der Waals surface area contributed by atoms with E-state index in [1.54, 1.807) is 0 Å². The fraction of sp³-hybridized carbons (Fsp3) is 0.600. The molecule has 0 radical (unpaired) electrons. The van der Waals surface area contributed by atoms with Gasteiger partial charge < -0.3 is 15.4 Å². The van der Waals surface area contributed by atoms with Crippen LogP contribution in [0.15, 0.2) is 18.2 Å². The molecule has 0 spiro atoms. The summed E-state index contributed by atoms with van der Waals surface area (Å²) in [6.07, 6.45) is 1.52. The average Bonchev–Trinajstić information content (AvgIpc) is 2.92. The lowest BCUT2D eigenvalue weighted by molar-refractivity contribution is 0.242. The normalized spacial score (nSPS) is 22.1. The van der Waals surface area contributed by atoms with Crippen molar-refractivity contribution in [1.29, 1.82) is 0 Å². The second-order valence-electron chi connectivity index (χ2n) is 5.78. The molecule has 0 bridgehead atoms. The van der Waals surface area contributed by atoms with E-state index in [-0.39, 0.29) is 6.10 Å².